The number of aromatic carboxylic acids is 1. The molecule has 28 heavy (non-hydrogen) atoms. The number of fused-ring (bicyclic) bond motifs is 1. The van der Waals surface area contributed by atoms with Crippen LogP contribution in [0, 0.1) is 10.1 Å². The summed E-state index contributed by atoms with van der Waals surface area (Å²) in [6, 6.07) is 8.81. The minimum Gasteiger partial charge on any atom is -0.477 e. The Hall–Kier alpha value is -4.08. The van der Waals surface area contributed by atoms with Gasteiger partial charge < -0.3 is 9.67 Å². The molecule has 0 bridgehead atoms. The first kappa shape index (κ1) is 18.7. The molecule has 0 atom stereocenters. The highest BCUT2D eigenvalue weighted by Gasteiger charge is 2.15. The summed E-state index contributed by atoms with van der Waals surface area (Å²) in [5, 5.41) is 24.1. The molecule has 10 heteroatoms. The van der Waals surface area contributed by atoms with Crippen LogP contribution >= 0.6 is 0 Å². The molecule has 10 nitrogen and oxygen atoms in total. The van der Waals surface area contributed by atoms with E-state index in [-0.39, 0.29) is 16.6 Å². The van der Waals surface area contributed by atoms with Crippen molar-refractivity contribution < 1.29 is 14.8 Å². The van der Waals surface area contributed by atoms with Crippen LogP contribution in [-0.4, -0.2) is 31.8 Å². The predicted molar refractivity (Wildman–Crippen MR) is 103 cm³/mol. The first-order valence-electron chi connectivity index (χ1n) is 8.21. The number of rotatable bonds is 6. The third-order valence-electron chi connectivity index (χ3n) is 3.98. The van der Waals surface area contributed by atoms with Gasteiger partial charge in [0.15, 0.2) is 0 Å². The fourth-order valence-electron chi connectivity index (χ4n) is 2.58. The summed E-state index contributed by atoms with van der Waals surface area (Å²) in [4.78, 5) is 38.0. The standard InChI is InChI=1S/C18H15N5O5/c1-2-22-10-15(18(25)26)16(24)14-8-5-12(20-17(14)22)9-19-21-11-3-6-13(7-4-11)23(27)28/h3-10,21H,2H2,1H3,(H,25,26). The summed E-state index contributed by atoms with van der Waals surface area (Å²) in [6.07, 6.45) is 2.70. The van der Waals surface area contributed by atoms with Crippen LogP contribution in [0.5, 0.6) is 0 Å². The number of non-ortho nitro benzene ring substituents is 1. The third kappa shape index (κ3) is 3.70. The maximum absolute atomic E-state index is 12.3. The number of pyridine rings is 2. The summed E-state index contributed by atoms with van der Waals surface area (Å²) in [6.45, 7) is 2.25. The Morgan fingerprint density at radius 1 is 1.32 bits per heavy atom. The number of aryl methyl sites for hydroxylation is 1. The average Bonchev–Trinajstić information content (AvgIpc) is 2.68. The molecule has 0 saturated carbocycles. The zero-order chi connectivity index (χ0) is 20.3. The van der Waals surface area contributed by atoms with Gasteiger partial charge in [-0.25, -0.2) is 9.78 Å². The zero-order valence-electron chi connectivity index (χ0n) is 14.7. The van der Waals surface area contributed by atoms with E-state index < -0.39 is 16.3 Å². The Bertz CT molecular complexity index is 1150. The molecule has 3 rings (SSSR count). The van der Waals surface area contributed by atoms with Gasteiger partial charge in [-0.15, -0.1) is 0 Å². The Kier molecular flexibility index (Phi) is 5.12. The quantitative estimate of drug-likeness (QED) is 0.380. The second-order valence-corrected chi connectivity index (χ2v) is 5.74. The van der Waals surface area contributed by atoms with Crippen LogP contribution in [0.15, 0.2) is 52.5 Å². The summed E-state index contributed by atoms with van der Waals surface area (Å²) < 4.78 is 1.58. The zero-order valence-corrected chi connectivity index (χ0v) is 14.7. The summed E-state index contributed by atoms with van der Waals surface area (Å²) in [5.41, 5.74) is 3.17. The number of hydrazone groups is 1. The Labute approximate surface area is 157 Å². The van der Waals surface area contributed by atoms with Gasteiger partial charge in [0.05, 0.1) is 27.9 Å². The molecule has 0 spiro atoms. The Morgan fingerprint density at radius 2 is 2.04 bits per heavy atom. The highest BCUT2D eigenvalue weighted by atomic mass is 16.6. The summed E-state index contributed by atoms with van der Waals surface area (Å²) in [7, 11) is 0. The van der Waals surface area contributed by atoms with E-state index >= 15 is 0 Å². The minimum absolute atomic E-state index is 0.0241. The van der Waals surface area contributed by atoms with Crippen LogP contribution in [0.2, 0.25) is 0 Å². The molecule has 0 unspecified atom stereocenters. The lowest BCUT2D eigenvalue weighted by Gasteiger charge is -2.09. The molecule has 0 fully saturated rings. The van der Waals surface area contributed by atoms with E-state index in [0.717, 1.165) is 0 Å². The van der Waals surface area contributed by atoms with E-state index in [0.29, 0.717) is 23.6 Å². The van der Waals surface area contributed by atoms with Crippen molar-refractivity contribution in [3.63, 3.8) is 0 Å². The van der Waals surface area contributed by atoms with E-state index in [1.165, 1.54) is 42.7 Å². The van der Waals surface area contributed by atoms with E-state index in [2.05, 4.69) is 15.5 Å². The van der Waals surface area contributed by atoms with Crippen molar-refractivity contribution in [1.29, 1.82) is 0 Å². The molecule has 0 aliphatic carbocycles. The van der Waals surface area contributed by atoms with Crippen LogP contribution in [0.1, 0.15) is 23.0 Å². The third-order valence-corrected chi connectivity index (χ3v) is 3.98. The molecule has 2 heterocycles. The largest absolute Gasteiger partial charge is 0.477 e. The van der Waals surface area contributed by atoms with Crippen molar-refractivity contribution >= 4 is 34.6 Å². The predicted octanol–water partition coefficient (Wildman–Crippen LogP) is 2.47. The number of nitro groups is 1. The first-order valence-corrected chi connectivity index (χ1v) is 8.21. The first-order chi connectivity index (χ1) is 13.4. The summed E-state index contributed by atoms with van der Waals surface area (Å²) >= 11 is 0. The van der Waals surface area contributed by atoms with Gasteiger partial charge in [0.1, 0.15) is 11.2 Å². The molecule has 3 aromatic rings. The number of nitro benzene ring substituents is 1. The number of nitrogens with zero attached hydrogens (tertiary/aromatic N) is 4. The van der Waals surface area contributed by atoms with Gasteiger partial charge in [-0.2, -0.15) is 5.10 Å². The van der Waals surface area contributed by atoms with E-state index in [4.69, 9.17) is 0 Å². The van der Waals surface area contributed by atoms with Crippen molar-refractivity contribution in [2.75, 3.05) is 5.43 Å². The van der Waals surface area contributed by atoms with Crippen molar-refractivity contribution in [2.45, 2.75) is 13.5 Å². The lowest BCUT2D eigenvalue weighted by atomic mass is 10.2. The highest BCUT2D eigenvalue weighted by Crippen LogP contribution is 2.15. The lowest BCUT2D eigenvalue weighted by Crippen LogP contribution is -2.19. The van der Waals surface area contributed by atoms with Gasteiger partial charge in [-0.05, 0) is 31.2 Å². The Morgan fingerprint density at radius 3 is 2.64 bits per heavy atom. The molecule has 0 saturated heterocycles. The average molecular weight is 381 g/mol. The molecule has 0 aliphatic rings. The van der Waals surface area contributed by atoms with Gasteiger partial charge in [0.2, 0.25) is 5.43 Å². The topological polar surface area (TPSA) is 140 Å². The number of carboxylic acid groups (broad SMARTS) is 1. The van der Waals surface area contributed by atoms with Gasteiger partial charge in [0.25, 0.3) is 5.69 Å². The van der Waals surface area contributed by atoms with Crippen LogP contribution < -0.4 is 10.9 Å². The number of anilines is 1. The lowest BCUT2D eigenvalue weighted by molar-refractivity contribution is -0.384. The number of carboxylic acids is 1. The fraction of sp³-hybridized carbons (Fsp3) is 0.111. The van der Waals surface area contributed by atoms with E-state index in [9.17, 15) is 24.8 Å². The number of carbonyl (C=O) groups is 1. The normalized spacial score (nSPS) is 11.0. The number of aromatic nitrogens is 2. The SMILES string of the molecule is CCn1cc(C(=O)O)c(=O)c2ccc(C=NNc3ccc([N+](=O)[O-])cc3)nc21. The number of hydrogen-bond acceptors (Lipinski definition) is 7. The van der Waals surface area contributed by atoms with Crippen molar-refractivity contribution in [2.24, 2.45) is 5.10 Å². The minimum atomic E-state index is -1.29. The molecular formula is C18H15N5O5. The van der Waals surface area contributed by atoms with Crippen LogP contribution in [0.25, 0.3) is 11.0 Å². The second kappa shape index (κ2) is 7.66. The van der Waals surface area contributed by atoms with Gasteiger partial charge in [0, 0.05) is 24.9 Å². The molecule has 2 N–H and O–H groups in total. The molecule has 2 aromatic heterocycles. The molecule has 1 aromatic carbocycles. The van der Waals surface area contributed by atoms with E-state index in [1.807, 2.05) is 6.92 Å². The molecule has 0 aliphatic heterocycles. The molecule has 0 radical (unpaired) electrons. The maximum atomic E-state index is 12.3. The highest BCUT2D eigenvalue weighted by molar-refractivity contribution is 5.92. The maximum Gasteiger partial charge on any atom is 0.341 e. The van der Waals surface area contributed by atoms with Gasteiger partial charge >= 0.3 is 5.97 Å². The van der Waals surface area contributed by atoms with Crippen LogP contribution in [0.4, 0.5) is 11.4 Å². The smallest absolute Gasteiger partial charge is 0.341 e. The number of benzene rings is 1. The molecule has 142 valence electrons. The van der Waals surface area contributed by atoms with Crippen molar-refractivity contribution in [3.05, 3.63) is 74.2 Å². The Balaban J connectivity index is 1.88. The van der Waals surface area contributed by atoms with Crippen LogP contribution in [-0.2, 0) is 6.54 Å². The van der Waals surface area contributed by atoms with Crippen molar-refractivity contribution in [3.8, 4) is 0 Å². The second-order valence-electron chi connectivity index (χ2n) is 5.74. The number of nitrogens with one attached hydrogen (secondary N) is 1. The van der Waals surface area contributed by atoms with Crippen molar-refractivity contribution in [1.82, 2.24) is 9.55 Å². The fourth-order valence-corrected chi connectivity index (χ4v) is 2.58. The number of hydrogen-bond donors (Lipinski definition) is 2. The van der Waals surface area contributed by atoms with Gasteiger partial charge in [-0.1, -0.05) is 0 Å². The summed E-state index contributed by atoms with van der Waals surface area (Å²) in [5.74, 6) is -1.29. The van der Waals surface area contributed by atoms with Gasteiger partial charge in [-0.3, -0.25) is 20.3 Å². The molecular weight excluding hydrogens is 366 g/mol. The monoisotopic (exact) mass is 381 g/mol. The molecule has 0 amide bonds. The van der Waals surface area contributed by atoms with Crippen LogP contribution in [0.3, 0.4) is 0 Å². The van der Waals surface area contributed by atoms with E-state index in [1.54, 1.807) is 10.6 Å².